The van der Waals surface area contributed by atoms with Crippen LogP contribution in [0.1, 0.15) is 9.67 Å². The first-order chi connectivity index (χ1) is 14.9. The highest BCUT2D eigenvalue weighted by molar-refractivity contribution is 7.99. The number of nitrogens with two attached hydrogens (primary N) is 1. The van der Waals surface area contributed by atoms with Gasteiger partial charge < -0.3 is 15.6 Å². The molecule has 0 atom stereocenters. The number of benzene rings is 1. The van der Waals surface area contributed by atoms with Gasteiger partial charge >= 0.3 is 0 Å². The monoisotopic (exact) mass is 496 g/mol. The Balaban J connectivity index is 1.32. The first kappa shape index (κ1) is 21.9. The number of nitrogen functional groups attached to an aromatic ring is 1. The third kappa shape index (κ3) is 4.82. The van der Waals surface area contributed by atoms with Crippen molar-refractivity contribution in [1.82, 2.24) is 24.7 Å². The molecule has 12 heteroatoms. The van der Waals surface area contributed by atoms with E-state index in [2.05, 4.69) is 10.2 Å². The van der Waals surface area contributed by atoms with Gasteiger partial charge in [0.25, 0.3) is 5.91 Å². The molecular formula is C19H18Cl2N6O2S2. The molecule has 0 bridgehead atoms. The molecule has 0 aliphatic carbocycles. The Morgan fingerprint density at radius 1 is 1.10 bits per heavy atom. The first-order valence-corrected chi connectivity index (χ1v) is 12.0. The SMILES string of the molecule is Nn1c(SCC(=O)N2CCN(C(=O)c3cccs3)CC2)nnc1-c1ccc(Cl)cc1Cl. The van der Waals surface area contributed by atoms with Crippen LogP contribution >= 0.6 is 46.3 Å². The molecule has 1 aromatic carbocycles. The summed E-state index contributed by atoms with van der Waals surface area (Å²) in [5.41, 5.74) is 0.603. The number of piperazine rings is 1. The van der Waals surface area contributed by atoms with E-state index in [1.54, 1.807) is 28.0 Å². The van der Waals surface area contributed by atoms with E-state index in [1.807, 2.05) is 17.5 Å². The van der Waals surface area contributed by atoms with Crippen LogP contribution < -0.4 is 5.84 Å². The Bertz CT molecular complexity index is 1100. The van der Waals surface area contributed by atoms with E-state index in [1.165, 1.54) is 27.8 Å². The predicted molar refractivity (Wildman–Crippen MR) is 123 cm³/mol. The van der Waals surface area contributed by atoms with Crippen molar-refractivity contribution in [3.8, 4) is 11.4 Å². The molecule has 4 rings (SSSR count). The largest absolute Gasteiger partial charge is 0.338 e. The van der Waals surface area contributed by atoms with Gasteiger partial charge in [-0.3, -0.25) is 9.59 Å². The van der Waals surface area contributed by atoms with Crippen molar-refractivity contribution in [3.63, 3.8) is 0 Å². The van der Waals surface area contributed by atoms with Crippen LogP contribution in [0.3, 0.4) is 0 Å². The zero-order chi connectivity index (χ0) is 22.0. The summed E-state index contributed by atoms with van der Waals surface area (Å²) in [5.74, 6) is 6.65. The summed E-state index contributed by atoms with van der Waals surface area (Å²) >= 11 is 14.8. The molecule has 2 aromatic heterocycles. The first-order valence-electron chi connectivity index (χ1n) is 9.33. The Labute approximate surface area is 196 Å². The Morgan fingerprint density at radius 2 is 1.84 bits per heavy atom. The fourth-order valence-electron chi connectivity index (χ4n) is 3.16. The van der Waals surface area contributed by atoms with Gasteiger partial charge in [0.15, 0.2) is 5.82 Å². The van der Waals surface area contributed by atoms with Crippen molar-refractivity contribution in [3.05, 3.63) is 50.6 Å². The van der Waals surface area contributed by atoms with E-state index in [-0.39, 0.29) is 17.6 Å². The number of hydrogen-bond donors (Lipinski definition) is 1. The van der Waals surface area contributed by atoms with Gasteiger partial charge in [-0.25, -0.2) is 4.68 Å². The van der Waals surface area contributed by atoms with E-state index in [0.717, 1.165) is 0 Å². The highest BCUT2D eigenvalue weighted by atomic mass is 35.5. The average molecular weight is 497 g/mol. The molecular weight excluding hydrogens is 479 g/mol. The van der Waals surface area contributed by atoms with Gasteiger partial charge in [-0.2, -0.15) is 0 Å². The van der Waals surface area contributed by atoms with Crippen LogP contribution in [-0.4, -0.2) is 68.4 Å². The van der Waals surface area contributed by atoms with Crippen LogP contribution in [0.25, 0.3) is 11.4 Å². The van der Waals surface area contributed by atoms with Gasteiger partial charge in [-0.05, 0) is 29.6 Å². The number of amides is 2. The quantitative estimate of drug-likeness (QED) is 0.430. The zero-order valence-corrected chi connectivity index (χ0v) is 19.3. The lowest BCUT2D eigenvalue weighted by molar-refractivity contribution is -0.129. The predicted octanol–water partition coefficient (Wildman–Crippen LogP) is 3.10. The minimum absolute atomic E-state index is 0.0149. The maximum atomic E-state index is 12.6. The highest BCUT2D eigenvalue weighted by Crippen LogP contribution is 2.30. The van der Waals surface area contributed by atoms with Gasteiger partial charge in [0.1, 0.15) is 0 Å². The Kier molecular flexibility index (Phi) is 6.71. The molecule has 8 nitrogen and oxygen atoms in total. The lowest BCUT2D eigenvalue weighted by Crippen LogP contribution is -2.51. The Morgan fingerprint density at radius 3 is 2.52 bits per heavy atom. The minimum atomic E-state index is -0.0395. The van der Waals surface area contributed by atoms with Crippen molar-refractivity contribution in [2.45, 2.75) is 5.16 Å². The van der Waals surface area contributed by atoms with Crippen molar-refractivity contribution in [2.75, 3.05) is 37.8 Å². The van der Waals surface area contributed by atoms with Crippen LogP contribution in [0.15, 0.2) is 40.9 Å². The van der Waals surface area contributed by atoms with Gasteiger partial charge in [0.2, 0.25) is 11.1 Å². The molecule has 1 aliphatic heterocycles. The molecule has 3 heterocycles. The number of thioether (sulfide) groups is 1. The van der Waals surface area contributed by atoms with Crippen LogP contribution in [0.5, 0.6) is 0 Å². The second-order valence-corrected chi connectivity index (χ2v) is 9.47. The maximum absolute atomic E-state index is 12.6. The van der Waals surface area contributed by atoms with Crippen LogP contribution in [-0.2, 0) is 4.79 Å². The number of hydrogen-bond acceptors (Lipinski definition) is 7. The topological polar surface area (TPSA) is 97.3 Å². The summed E-state index contributed by atoms with van der Waals surface area (Å²) in [7, 11) is 0. The number of carbonyl (C=O) groups excluding carboxylic acids is 2. The lowest BCUT2D eigenvalue weighted by Gasteiger charge is -2.34. The fraction of sp³-hybridized carbons (Fsp3) is 0.263. The molecule has 162 valence electrons. The van der Waals surface area contributed by atoms with Crippen molar-refractivity contribution >= 4 is 58.1 Å². The summed E-state index contributed by atoms with van der Waals surface area (Å²) in [4.78, 5) is 29.3. The highest BCUT2D eigenvalue weighted by Gasteiger charge is 2.26. The molecule has 0 radical (unpaired) electrons. The summed E-state index contributed by atoms with van der Waals surface area (Å²) in [5, 5.41) is 11.4. The number of nitrogens with zero attached hydrogens (tertiary/aromatic N) is 5. The summed E-state index contributed by atoms with van der Waals surface area (Å²) in [6.07, 6.45) is 0. The molecule has 1 fully saturated rings. The van der Waals surface area contributed by atoms with E-state index < -0.39 is 0 Å². The lowest BCUT2D eigenvalue weighted by atomic mass is 10.2. The van der Waals surface area contributed by atoms with Gasteiger partial charge in [0, 0.05) is 36.8 Å². The molecule has 2 N–H and O–H groups in total. The molecule has 3 aromatic rings. The fourth-order valence-corrected chi connectivity index (χ4v) is 5.11. The van der Waals surface area contributed by atoms with Crippen molar-refractivity contribution in [1.29, 1.82) is 0 Å². The normalized spacial score (nSPS) is 14.1. The van der Waals surface area contributed by atoms with E-state index in [9.17, 15) is 9.59 Å². The van der Waals surface area contributed by atoms with Crippen LogP contribution in [0.4, 0.5) is 0 Å². The molecule has 0 saturated carbocycles. The third-order valence-corrected chi connectivity index (χ3v) is 7.15. The van der Waals surface area contributed by atoms with E-state index in [4.69, 9.17) is 29.0 Å². The van der Waals surface area contributed by atoms with Crippen molar-refractivity contribution in [2.24, 2.45) is 0 Å². The smallest absolute Gasteiger partial charge is 0.264 e. The number of aromatic nitrogens is 3. The number of rotatable bonds is 5. The zero-order valence-electron chi connectivity index (χ0n) is 16.2. The number of carbonyl (C=O) groups is 2. The van der Waals surface area contributed by atoms with E-state index >= 15 is 0 Å². The van der Waals surface area contributed by atoms with Crippen molar-refractivity contribution < 1.29 is 9.59 Å². The molecule has 0 unspecified atom stereocenters. The van der Waals surface area contributed by atoms with Crippen LogP contribution in [0.2, 0.25) is 10.0 Å². The number of thiophene rings is 1. The molecule has 2 amide bonds. The van der Waals surface area contributed by atoms with E-state index in [0.29, 0.717) is 57.6 Å². The number of halogens is 2. The summed E-state index contributed by atoms with van der Waals surface area (Å²) < 4.78 is 1.31. The summed E-state index contributed by atoms with van der Waals surface area (Å²) in [6.45, 7) is 2.02. The molecule has 0 spiro atoms. The van der Waals surface area contributed by atoms with Gasteiger partial charge in [-0.1, -0.05) is 41.0 Å². The molecule has 1 aliphatic rings. The van der Waals surface area contributed by atoms with Gasteiger partial charge in [-0.15, -0.1) is 21.5 Å². The second-order valence-electron chi connectivity index (χ2n) is 6.74. The second kappa shape index (κ2) is 9.47. The van der Waals surface area contributed by atoms with Gasteiger partial charge in [0.05, 0.1) is 15.7 Å². The Hall–Kier alpha value is -2.27. The molecule has 31 heavy (non-hydrogen) atoms. The minimum Gasteiger partial charge on any atom is -0.338 e. The molecule has 1 saturated heterocycles. The summed E-state index contributed by atoms with van der Waals surface area (Å²) in [6, 6.07) is 8.69. The maximum Gasteiger partial charge on any atom is 0.264 e. The third-order valence-electron chi connectivity index (χ3n) is 4.81. The average Bonchev–Trinajstić information content (AvgIpc) is 3.42. The standard InChI is InChI=1S/C19H18Cl2N6O2S2/c20-12-3-4-13(14(21)10-12)17-23-24-19(27(17)22)31-11-16(28)25-5-7-26(8-6-25)18(29)15-2-1-9-30-15/h1-4,9-10H,5-8,11,22H2. The van der Waals surface area contributed by atoms with Crippen LogP contribution in [0, 0.1) is 0 Å².